The van der Waals surface area contributed by atoms with Crippen LogP contribution in [-0.4, -0.2) is 25.2 Å². The molecule has 15 heavy (non-hydrogen) atoms. The van der Waals surface area contributed by atoms with Crippen molar-refractivity contribution in [1.29, 1.82) is 0 Å². The van der Waals surface area contributed by atoms with Crippen LogP contribution >= 0.6 is 0 Å². The summed E-state index contributed by atoms with van der Waals surface area (Å²) in [5.41, 5.74) is 0. The van der Waals surface area contributed by atoms with E-state index >= 15 is 0 Å². The Morgan fingerprint density at radius 1 is 1.47 bits per heavy atom. The molecule has 88 valence electrons. The highest BCUT2D eigenvalue weighted by Crippen LogP contribution is 2.24. The summed E-state index contributed by atoms with van der Waals surface area (Å²) in [6, 6.07) is 0.393. The van der Waals surface area contributed by atoms with E-state index in [0.717, 1.165) is 6.42 Å². The number of carbonyl (C=O) groups is 1. The molecular formula is C12H23NO2. The van der Waals surface area contributed by atoms with Gasteiger partial charge >= 0.3 is 5.97 Å². The molecule has 1 aliphatic rings. The molecule has 0 heterocycles. The van der Waals surface area contributed by atoms with E-state index in [1.54, 1.807) is 0 Å². The quantitative estimate of drug-likeness (QED) is 0.687. The second-order valence-electron chi connectivity index (χ2n) is 4.52. The number of ether oxygens (including phenoxy) is 1. The second kappa shape index (κ2) is 6.83. The Kier molecular flexibility index (Phi) is 5.69. The Labute approximate surface area is 92.6 Å². The molecule has 0 amide bonds. The largest absolute Gasteiger partial charge is 0.464 e. The fourth-order valence-corrected chi connectivity index (χ4v) is 1.84. The van der Waals surface area contributed by atoms with Crippen LogP contribution in [0, 0.1) is 5.92 Å². The Morgan fingerprint density at radius 2 is 2.13 bits per heavy atom. The maximum absolute atomic E-state index is 11.3. The molecule has 1 saturated carbocycles. The van der Waals surface area contributed by atoms with Crippen molar-refractivity contribution < 1.29 is 9.53 Å². The van der Waals surface area contributed by atoms with Gasteiger partial charge in [0.15, 0.2) is 0 Å². The number of hydrogen-bond acceptors (Lipinski definition) is 3. The standard InChI is InChI=1S/C12H23NO2/c1-3-10(2)13-8-12(14)15-9-11-6-4-5-7-11/h10-11,13H,3-9H2,1-2H3. The fraction of sp³-hybridized carbons (Fsp3) is 0.917. The molecule has 0 aromatic rings. The van der Waals surface area contributed by atoms with Crippen molar-refractivity contribution >= 4 is 5.97 Å². The number of hydrogen-bond donors (Lipinski definition) is 1. The van der Waals surface area contributed by atoms with E-state index in [2.05, 4.69) is 19.2 Å². The first kappa shape index (κ1) is 12.5. The van der Waals surface area contributed by atoms with Crippen molar-refractivity contribution in [3.05, 3.63) is 0 Å². The highest BCUT2D eigenvalue weighted by molar-refractivity contribution is 5.71. The van der Waals surface area contributed by atoms with E-state index in [4.69, 9.17) is 4.74 Å². The molecule has 1 N–H and O–H groups in total. The summed E-state index contributed by atoms with van der Waals surface area (Å²) >= 11 is 0. The van der Waals surface area contributed by atoms with E-state index in [1.165, 1.54) is 25.7 Å². The number of esters is 1. The summed E-state index contributed by atoms with van der Waals surface area (Å²) in [6.07, 6.45) is 6.09. The minimum Gasteiger partial charge on any atom is -0.464 e. The van der Waals surface area contributed by atoms with Crippen LogP contribution in [0.4, 0.5) is 0 Å². The van der Waals surface area contributed by atoms with E-state index in [9.17, 15) is 4.79 Å². The molecule has 0 spiro atoms. The third-order valence-corrected chi connectivity index (χ3v) is 3.16. The van der Waals surface area contributed by atoms with Crippen molar-refractivity contribution in [2.75, 3.05) is 13.2 Å². The van der Waals surface area contributed by atoms with Crippen LogP contribution in [0.5, 0.6) is 0 Å². The van der Waals surface area contributed by atoms with Gasteiger partial charge < -0.3 is 10.1 Å². The molecule has 1 unspecified atom stereocenters. The smallest absolute Gasteiger partial charge is 0.319 e. The van der Waals surface area contributed by atoms with Gasteiger partial charge in [-0.25, -0.2) is 0 Å². The number of carbonyl (C=O) groups excluding carboxylic acids is 1. The van der Waals surface area contributed by atoms with Gasteiger partial charge in [-0.05, 0) is 32.1 Å². The lowest BCUT2D eigenvalue weighted by atomic mass is 10.1. The SMILES string of the molecule is CCC(C)NCC(=O)OCC1CCCC1. The summed E-state index contributed by atoms with van der Waals surface area (Å²) in [7, 11) is 0. The van der Waals surface area contributed by atoms with E-state index in [1.807, 2.05) is 0 Å². The topological polar surface area (TPSA) is 38.3 Å². The van der Waals surface area contributed by atoms with Gasteiger partial charge in [-0.1, -0.05) is 19.8 Å². The van der Waals surface area contributed by atoms with Crippen LogP contribution in [0.25, 0.3) is 0 Å². The van der Waals surface area contributed by atoms with E-state index < -0.39 is 0 Å². The maximum Gasteiger partial charge on any atom is 0.319 e. The molecule has 1 atom stereocenters. The lowest BCUT2D eigenvalue weighted by Crippen LogP contribution is -2.32. The first-order valence-electron chi connectivity index (χ1n) is 6.11. The molecule has 0 radical (unpaired) electrons. The minimum atomic E-state index is -0.109. The average molecular weight is 213 g/mol. The van der Waals surface area contributed by atoms with Crippen LogP contribution in [0.3, 0.4) is 0 Å². The van der Waals surface area contributed by atoms with Gasteiger partial charge in [-0.3, -0.25) is 4.79 Å². The van der Waals surface area contributed by atoms with Crippen molar-refractivity contribution in [2.24, 2.45) is 5.92 Å². The Bertz CT molecular complexity index is 188. The van der Waals surface area contributed by atoms with Crippen LogP contribution in [0.2, 0.25) is 0 Å². The first-order chi connectivity index (χ1) is 7.22. The van der Waals surface area contributed by atoms with E-state index in [-0.39, 0.29) is 5.97 Å². The van der Waals surface area contributed by atoms with Gasteiger partial charge in [0.1, 0.15) is 0 Å². The Morgan fingerprint density at radius 3 is 2.73 bits per heavy atom. The maximum atomic E-state index is 11.3. The number of rotatable bonds is 6. The minimum absolute atomic E-state index is 0.109. The normalized spacial score (nSPS) is 19.1. The van der Waals surface area contributed by atoms with Gasteiger partial charge in [0.05, 0.1) is 13.2 Å². The molecule has 0 aliphatic heterocycles. The highest BCUT2D eigenvalue weighted by Gasteiger charge is 2.16. The Balaban J connectivity index is 2.02. The lowest BCUT2D eigenvalue weighted by molar-refractivity contribution is -0.144. The summed E-state index contributed by atoms with van der Waals surface area (Å²) < 4.78 is 5.22. The van der Waals surface area contributed by atoms with Gasteiger partial charge in [-0.2, -0.15) is 0 Å². The van der Waals surface area contributed by atoms with E-state index in [0.29, 0.717) is 25.1 Å². The average Bonchev–Trinajstić information content (AvgIpc) is 2.75. The monoisotopic (exact) mass is 213 g/mol. The van der Waals surface area contributed by atoms with Crippen LogP contribution in [-0.2, 0) is 9.53 Å². The highest BCUT2D eigenvalue weighted by atomic mass is 16.5. The molecule has 0 aromatic heterocycles. The summed E-state index contributed by atoms with van der Waals surface area (Å²) in [5.74, 6) is 0.514. The molecule has 0 saturated heterocycles. The third kappa shape index (κ3) is 5.17. The van der Waals surface area contributed by atoms with Crippen molar-refractivity contribution in [2.45, 2.75) is 52.0 Å². The lowest BCUT2D eigenvalue weighted by Gasteiger charge is -2.12. The summed E-state index contributed by atoms with van der Waals surface area (Å²) in [6.45, 7) is 5.15. The van der Waals surface area contributed by atoms with Crippen LogP contribution in [0.15, 0.2) is 0 Å². The predicted molar refractivity (Wildman–Crippen MR) is 60.7 cm³/mol. The number of nitrogens with one attached hydrogen (secondary N) is 1. The summed E-state index contributed by atoms with van der Waals surface area (Å²) in [4.78, 5) is 11.3. The molecule has 0 aromatic carbocycles. The van der Waals surface area contributed by atoms with Gasteiger partial charge in [-0.15, -0.1) is 0 Å². The Hall–Kier alpha value is -0.570. The predicted octanol–water partition coefficient (Wildman–Crippen LogP) is 2.11. The second-order valence-corrected chi connectivity index (χ2v) is 4.52. The zero-order valence-corrected chi connectivity index (χ0v) is 9.92. The molecular weight excluding hydrogens is 190 g/mol. The van der Waals surface area contributed by atoms with Gasteiger partial charge in [0, 0.05) is 6.04 Å². The van der Waals surface area contributed by atoms with Crippen molar-refractivity contribution in [1.82, 2.24) is 5.32 Å². The zero-order valence-electron chi connectivity index (χ0n) is 9.92. The molecule has 1 fully saturated rings. The fourth-order valence-electron chi connectivity index (χ4n) is 1.84. The van der Waals surface area contributed by atoms with Crippen molar-refractivity contribution in [3.63, 3.8) is 0 Å². The van der Waals surface area contributed by atoms with Crippen LogP contribution in [0.1, 0.15) is 46.0 Å². The summed E-state index contributed by atoms with van der Waals surface area (Å²) in [5, 5.41) is 3.13. The van der Waals surface area contributed by atoms with Crippen molar-refractivity contribution in [3.8, 4) is 0 Å². The van der Waals surface area contributed by atoms with Crippen LogP contribution < -0.4 is 5.32 Å². The van der Waals surface area contributed by atoms with Gasteiger partial charge in [0.25, 0.3) is 0 Å². The zero-order chi connectivity index (χ0) is 11.1. The third-order valence-electron chi connectivity index (χ3n) is 3.16. The molecule has 3 nitrogen and oxygen atoms in total. The van der Waals surface area contributed by atoms with Gasteiger partial charge in [0.2, 0.25) is 0 Å². The molecule has 0 bridgehead atoms. The first-order valence-corrected chi connectivity index (χ1v) is 6.11. The molecule has 1 aliphatic carbocycles. The molecule has 1 rings (SSSR count). The molecule has 3 heteroatoms.